The molecule has 2 aromatic rings. The summed E-state index contributed by atoms with van der Waals surface area (Å²) >= 11 is 0. The second-order valence-electron chi connectivity index (χ2n) is 6.98. The van der Waals surface area contributed by atoms with Gasteiger partial charge < -0.3 is 5.32 Å². The first-order valence-electron chi connectivity index (χ1n) is 8.58. The van der Waals surface area contributed by atoms with E-state index < -0.39 is 0 Å². The van der Waals surface area contributed by atoms with Crippen LogP contribution in [-0.4, -0.2) is 15.7 Å². The van der Waals surface area contributed by atoms with Gasteiger partial charge in [-0.2, -0.15) is 5.10 Å². The quantitative estimate of drug-likeness (QED) is 0.908. The van der Waals surface area contributed by atoms with Crippen LogP contribution in [-0.2, 0) is 4.79 Å². The molecule has 120 valence electrons. The summed E-state index contributed by atoms with van der Waals surface area (Å²) in [6, 6.07) is 6.97. The van der Waals surface area contributed by atoms with Gasteiger partial charge in [0, 0.05) is 17.9 Å². The number of aryl methyl sites for hydroxylation is 2. The van der Waals surface area contributed by atoms with E-state index in [1.165, 1.54) is 35.1 Å². The molecule has 1 fully saturated rings. The first kappa shape index (κ1) is 14.5. The van der Waals surface area contributed by atoms with Crippen molar-refractivity contribution in [2.24, 2.45) is 0 Å². The van der Waals surface area contributed by atoms with Crippen LogP contribution in [0.2, 0.25) is 0 Å². The number of nitrogens with zero attached hydrogens (tertiary/aromatic N) is 2. The minimum absolute atomic E-state index is 0.0977. The zero-order chi connectivity index (χ0) is 16.0. The highest BCUT2D eigenvalue weighted by molar-refractivity contribution is 5.94. The normalized spacial score (nSPS) is 21.3. The molecule has 1 saturated carbocycles. The number of rotatable bonds is 2. The Labute approximate surface area is 136 Å². The van der Waals surface area contributed by atoms with Gasteiger partial charge in [-0.3, -0.25) is 4.79 Å². The summed E-state index contributed by atoms with van der Waals surface area (Å²) in [6.07, 6.45) is 7.32. The number of anilines is 1. The van der Waals surface area contributed by atoms with Crippen LogP contribution in [0.15, 0.2) is 24.4 Å². The summed E-state index contributed by atoms with van der Waals surface area (Å²) in [5.41, 5.74) is 4.95. The molecule has 0 unspecified atom stereocenters. The minimum atomic E-state index is 0.0977. The SMILES string of the molecule is Cc1ccc([C@H]2CC(=O)Nc3c2cnn3C2CCCC2)cc1C. The molecule has 0 spiro atoms. The summed E-state index contributed by atoms with van der Waals surface area (Å²) in [4.78, 5) is 12.3. The van der Waals surface area contributed by atoms with Gasteiger partial charge >= 0.3 is 0 Å². The molecule has 0 bridgehead atoms. The number of aromatic nitrogens is 2. The smallest absolute Gasteiger partial charge is 0.226 e. The zero-order valence-corrected chi connectivity index (χ0v) is 13.8. The molecule has 0 saturated heterocycles. The highest BCUT2D eigenvalue weighted by Crippen LogP contribution is 2.40. The number of benzene rings is 1. The molecule has 2 heterocycles. The van der Waals surface area contributed by atoms with Crippen molar-refractivity contribution < 1.29 is 4.79 Å². The predicted octanol–water partition coefficient (Wildman–Crippen LogP) is 4.09. The van der Waals surface area contributed by atoms with E-state index in [-0.39, 0.29) is 11.8 Å². The van der Waals surface area contributed by atoms with Crippen molar-refractivity contribution >= 4 is 11.7 Å². The Hall–Kier alpha value is -2.10. The van der Waals surface area contributed by atoms with Crippen molar-refractivity contribution in [2.75, 3.05) is 5.32 Å². The maximum Gasteiger partial charge on any atom is 0.226 e. The standard InChI is InChI=1S/C19H23N3O/c1-12-7-8-14(9-13(12)2)16-10-18(23)21-19-17(16)11-20-22(19)15-5-3-4-6-15/h7-9,11,15-16H,3-6,10H2,1-2H3,(H,21,23)/t16-/m1/s1. The van der Waals surface area contributed by atoms with Gasteiger partial charge in [0.1, 0.15) is 5.82 Å². The lowest BCUT2D eigenvalue weighted by molar-refractivity contribution is -0.116. The Morgan fingerprint density at radius 2 is 1.96 bits per heavy atom. The van der Waals surface area contributed by atoms with Crippen molar-refractivity contribution in [3.8, 4) is 0 Å². The van der Waals surface area contributed by atoms with E-state index in [0.29, 0.717) is 12.5 Å². The lowest BCUT2D eigenvalue weighted by Crippen LogP contribution is -2.25. The molecule has 1 aliphatic carbocycles. The van der Waals surface area contributed by atoms with Gasteiger partial charge in [-0.15, -0.1) is 0 Å². The van der Waals surface area contributed by atoms with Crippen molar-refractivity contribution in [3.63, 3.8) is 0 Å². The largest absolute Gasteiger partial charge is 0.311 e. The fourth-order valence-electron chi connectivity index (χ4n) is 3.94. The Bertz CT molecular complexity index is 756. The van der Waals surface area contributed by atoms with Crippen molar-refractivity contribution in [1.82, 2.24) is 9.78 Å². The molecule has 4 nitrogen and oxygen atoms in total. The maximum absolute atomic E-state index is 12.3. The highest BCUT2D eigenvalue weighted by atomic mass is 16.1. The lowest BCUT2D eigenvalue weighted by Gasteiger charge is -2.25. The number of hydrogen-bond donors (Lipinski definition) is 1. The average Bonchev–Trinajstić information content (AvgIpc) is 3.17. The number of amides is 1. The summed E-state index contributed by atoms with van der Waals surface area (Å²) in [5, 5.41) is 7.70. The van der Waals surface area contributed by atoms with Crippen molar-refractivity contribution in [3.05, 3.63) is 46.6 Å². The molecule has 1 aromatic heterocycles. The Morgan fingerprint density at radius 1 is 1.17 bits per heavy atom. The number of hydrogen-bond acceptors (Lipinski definition) is 2. The number of fused-ring (bicyclic) bond motifs is 1. The predicted molar refractivity (Wildman–Crippen MR) is 90.7 cm³/mol. The third-order valence-corrected chi connectivity index (χ3v) is 5.45. The van der Waals surface area contributed by atoms with E-state index in [1.54, 1.807) is 0 Å². The van der Waals surface area contributed by atoms with E-state index in [4.69, 9.17) is 0 Å². The van der Waals surface area contributed by atoms with Crippen LogP contribution in [0, 0.1) is 13.8 Å². The van der Waals surface area contributed by atoms with Crippen molar-refractivity contribution in [2.45, 2.75) is 57.9 Å². The molecule has 2 aliphatic rings. The van der Waals surface area contributed by atoms with Gasteiger partial charge in [-0.25, -0.2) is 4.68 Å². The summed E-state index contributed by atoms with van der Waals surface area (Å²) in [7, 11) is 0. The van der Waals surface area contributed by atoms with Gasteiger partial charge in [0.2, 0.25) is 5.91 Å². The van der Waals surface area contributed by atoms with E-state index in [9.17, 15) is 4.79 Å². The molecule has 4 heteroatoms. The number of nitrogens with one attached hydrogen (secondary N) is 1. The van der Waals surface area contributed by atoms with Crippen molar-refractivity contribution in [1.29, 1.82) is 0 Å². The van der Waals surface area contributed by atoms with Crippen LogP contribution in [0.1, 0.15) is 66.3 Å². The van der Waals surface area contributed by atoms with E-state index >= 15 is 0 Å². The average molecular weight is 309 g/mol. The van der Waals surface area contributed by atoms with E-state index in [1.807, 2.05) is 6.20 Å². The van der Waals surface area contributed by atoms with Crippen LogP contribution in [0.5, 0.6) is 0 Å². The number of carbonyl (C=O) groups excluding carboxylic acids is 1. The second kappa shape index (κ2) is 5.52. The molecule has 4 rings (SSSR count). The third-order valence-electron chi connectivity index (χ3n) is 5.45. The van der Waals surface area contributed by atoms with Gasteiger partial charge in [0.15, 0.2) is 0 Å². The molecule has 1 aromatic carbocycles. The first-order valence-corrected chi connectivity index (χ1v) is 8.58. The van der Waals surface area contributed by atoms with E-state index in [0.717, 1.165) is 18.7 Å². The molecule has 1 N–H and O–H groups in total. The summed E-state index contributed by atoms with van der Waals surface area (Å²) in [5.74, 6) is 1.14. The Balaban J connectivity index is 1.76. The van der Waals surface area contributed by atoms with Crippen LogP contribution >= 0.6 is 0 Å². The highest BCUT2D eigenvalue weighted by Gasteiger charge is 2.32. The summed E-state index contributed by atoms with van der Waals surface area (Å²) in [6.45, 7) is 4.25. The van der Waals surface area contributed by atoms with E-state index in [2.05, 4.69) is 47.1 Å². The molecule has 1 amide bonds. The second-order valence-corrected chi connectivity index (χ2v) is 6.98. The number of carbonyl (C=O) groups is 1. The molecular weight excluding hydrogens is 286 g/mol. The maximum atomic E-state index is 12.3. The zero-order valence-electron chi connectivity index (χ0n) is 13.8. The fraction of sp³-hybridized carbons (Fsp3) is 0.474. The van der Waals surface area contributed by atoms with Gasteiger partial charge in [0.25, 0.3) is 0 Å². The Morgan fingerprint density at radius 3 is 2.70 bits per heavy atom. The minimum Gasteiger partial charge on any atom is -0.311 e. The monoisotopic (exact) mass is 309 g/mol. The van der Waals surface area contributed by atoms with Gasteiger partial charge in [0.05, 0.1) is 12.2 Å². The fourth-order valence-corrected chi connectivity index (χ4v) is 3.94. The Kier molecular flexibility index (Phi) is 3.47. The van der Waals surface area contributed by atoms with Crippen LogP contribution < -0.4 is 5.32 Å². The summed E-state index contributed by atoms with van der Waals surface area (Å²) < 4.78 is 2.06. The van der Waals surface area contributed by atoms with Crippen LogP contribution in [0.3, 0.4) is 0 Å². The molecule has 1 atom stereocenters. The lowest BCUT2D eigenvalue weighted by atomic mass is 9.86. The molecular formula is C19H23N3O. The topological polar surface area (TPSA) is 46.9 Å². The van der Waals surface area contributed by atoms with Gasteiger partial charge in [-0.1, -0.05) is 31.0 Å². The molecule has 1 aliphatic heterocycles. The molecule has 0 radical (unpaired) electrons. The van der Waals surface area contributed by atoms with Crippen LogP contribution in [0.4, 0.5) is 5.82 Å². The van der Waals surface area contributed by atoms with Crippen LogP contribution in [0.25, 0.3) is 0 Å². The molecule has 23 heavy (non-hydrogen) atoms. The third kappa shape index (κ3) is 2.46. The van der Waals surface area contributed by atoms with Gasteiger partial charge in [-0.05, 0) is 43.4 Å². The first-order chi connectivity index (χ1) is 11.1.